The van der Waals surface area contributed by atoms with Gasteiger partial charge >= 0.3 is 0 Å². The summed E-state index contributed by atoms with van der Waals surface area (Å²) in [5.41, 5.74) is 1.16. The Hall–Kier alpha value is -2.02. The first-order chi connectivity index (χ1) is 14.2. The van der Waals surface area contributed by atoms with Crippen LogP contribution in [0.25, 0.3) is 0 Å². The number of nitrogens with one attached hydrogen (secondary N) is 1. The number of nitrogens with zero attached hydrogens (tertiary/aromatic N) is 4. The molecule has 1 aromatic heterocycles. The third kappa shape index (κ3) is 4.77. The quantitative estimate of drug-likeness (QED) is 0.619. The summed E-state index contributed by atoms with van der Waals surface area (Å²) in [7, 11) is 0. The van der Waals surface area contributed by atoms with E-state index >= 15 is 0 Å². The van der Waals surface area contributed by atoms with Crippen molar-refractivity contribution in [3.8, 4) is 0 Å². The second-order valence-electron chi connectivity index (χ2n) is 8.10. The van der Waals surface area contributed by atoms with E-state index in [4.69, 9.17) is 0 Å². The van der Waals surface area contributed by atoms with Crippen molar-refractivity contribution >= 4 is 23.6 Å². The zero-order valence-electron chi connectivity index (χ0n) is 17.4. The highest BCUT2D eigenvalue weighted by Gasteiger charge is 2.33. The molecule has 1 aliphatic carbocycles. The third-order valence-corrected chi connectivity index (χ3v) is 6.75. The van der Waals surface area contributed by atoms with Gasteiger partial charge in [-0.3, -0.25) is 9.36 Å². The van der Waals surface area contributed by atoms with Gasteiger partial charge in [0, 0.05) is 19.1 Å². The van der Waals surface area contributed by atoms with Crippen LogP contribution in [0, 0.1) is 0 Å². The molecule has 7 heteroatoms. The summed E-state index contributed by atoms with van der Waals surface area (Å²) < 4.78 is 2.28. The second kappa shape index (κ2) is 9.20. The smallest absolute Gasteiger partial charge is 0.233 e. The molecule has 0 spiro atoms. The second-order valence-corrected chi connectivity index (χ2v) is 9.41. The Morgan fingerprint density at radius 3 is 2.59 bits per heavy atom. The first-order valence-corrected chi connectivity index (χ1v) is 11.8. The molecule has 29 heavy (non-hydrogen) atoms. The molecule has 1 saturated carbocycles. The van der Waals surface area contributed by atoms with Gasteiger partial charge in [0.05, 0.1) is 11.3 Å². The van der Waals surface area contributed by atoms with Crippen LogP contribution in [0.5, 0.6) is 0 Å². The van der Waals surface area contributed by atoms with Crippen LogP contribution in [0.4, 0.5) is 5.95 Å². The van der Waals surface area contributed by atoms with E-state index in [0.29, 0.717) is 6.04 Å². The summed E-state index contributed by atoms with van der Waals surface area (Å²) in [6, 6.07) is 10.8. The minimum Gasteiger partial charge on any atom is -0.348 e. The van der Waals surface area contributed by atoms with Crippen molar-refractivity contribution in [3.05, 3.63) is 35.9 Å². The minimum absolute atomic E-state index is 0.0539. The number of hydrogen-bond donors (Lipinski definition) is 1. The van der Waals surface area contributed by atoms with E-state index in [1.807, 2.05) is 25.1 Å². The van der Waals surface area contributed by atoms with E-state index in [9.17, 15) is 4.79 Å². The summed E-state index contributed by atoms with van der Waals surface area (Å²) in [6.07, 6.45) is 6.76. The molecular formula is C22H31N5OS. The van der Waals surface area contributed by atoms with Gasteiger partial charge in [-0.05, 0) is 44.6 Å². The van der Waals surface area contributed by atoms with E-state index in [2.05, 4.69) is 44.0 Å². The lowest BCUT2D eigenvalue weighted by Gasteiger charge is -2.21. The average Bonchev–Trinajstić information content (AvgIpc) is 3.25. The highest BCUT2D eigenvalue weighted by Crippen LogP contribution is 2.42. The summed E-state index contributed by atoms with van der Waals surface area (Å²) in [5.74, 6) is 1.05. The number of carbonyl (C=O) groups excluding carboxylic acids is 1. The predicted molar refractivity (Wildman–Crippen MR) is 117 cm³/mol. The third-order valence-electron chi connectivity index (χ3n) is 5.69. The Bertz CT molecular complexity index is 814. The van der Waals surface area contributed by atoms with Gasteiger partial charge < -0.3 is 10.2 Å². The lowest BCUT2D eigenvalue weighted by atomic mass is 10.0. The van der Waals surface area contributed by atoms with E-state index < -0.39 is 0 Å². The van der Waals surface area contributed by atoms with Gasteiger partial charge in [-0.15, -0.1) is 10.2 Å². The number of thioether (sulfide) groups is 1. The SMILES string of the molecule is CCC[C@H](NC(=O)[C@@H](C)Sc1nnc(N2CCCC2)n1C1CC1)c1ccccc1. The van der Waals surface area contributed by atoms with Crippen LogP contribution in [0.2, 0.25) is 0 Å². The van der Waals surface area contributed by atoms with Gasteiger partial charge in [-0.1, -0.05) is 55.4 Å². The minimum atomic E-state index is -0.216. The maximum atomic E-state index is 13.0. The lowest BCUT2D eigenvalue weighted by Crippen LogP contribution is -2.34. The van der Waals surface area contributed by atoms with Gasteiger partial charge in [-0.25, -0.2) is 0 Å². The Labute approximate surface area is 177 Å². The maximum absolute atomic E-state index is 13.0. The van der Waals surface area contributed by atoms with Gasteiger partial charge in [0.15, 0.2) is 5.16 Å². The molecule has 0 unspecified atom stereocenters. The first-order valence-electron chi connectivity index (χ1n) is 10.9. The number of rotatable bonds is 9. The maximum Gasteiger partial charge on any atom is 0.233 e. The summed E-state index contributed by atoms with van der Waals surface area (Å²) in [4.78, 5) is 15.3. The molecule has 4 rings (SSSR count). The van der Waals surface area contributed by atoms with E-state index in [0.717, 1.165) is 42.6 Å². The van der Waals surface area contributed by atoms with Crippen molar-refractivity contribution in [3.63, 3.8) is 0 Å². The van der Waals surface area contributed by atoms with Crippen LogP contribution in [0.1, 0.15) is 70.0 Å². The van der Waals surface area contributed by atoms with Crippen molar-refractivity contribution in [1.82, 2.24) is 20.1 Å². The molecule has 2 heterocycles. The van der Waals surface area contributed by atoms with Gasteiger partial charge in [-0.2, -0.15) is 0 Å². The van der Waals surface area contributed by atoms with Crippen LogP contribution >= 0.6 is 11.8 Å². The molecule has 2 aliphatic rings. The molecule has 1 N–H and O–H groups in total. The Morgan fingerprint density at radius 1 is 1.21 bits per heavy atom. The molecule has 2 fully saturated rings. The van der Waals surface area contributed by atoms with E-state index in [1.165, 1.54) is 37.4 Å². The van der Waals surface area contributed by atoms with Crippen LogP contribution in [0.3, 0.4) is 0 Å². The van der Waals surface area contributed by atoms with Gasteiger partial charge in [0.2, 0.25) is 11.9 Å². The van der Waals surface area contributed by atoms with Crippen LogP contribution in [-0.4, -0.2) is 39.0 Å². The molecule has 1 aliphatic heterocycles. The zero-order valence-corrected chi connectivity index (χ0v) is 18.2. The molecule has 1 aromatic carbocycles. The molecule has 0 radical (unpaired) electrons. The number of anilines is 1. The number of aromatic nitrogens is 3. The Morgan fingerprint density at radius 2 is 1.93 bits per heavy atom. The van der Waals surface area contributed by atoms with Crippen LogP contribution < -0.4 is 10.2 Å². The largest absolute Gasteiger partial charge is 0.348 e. The number of amides is 1. The summed E-state index contributed by atoms with van der Waals surface area (Å²) >= 11 is 1.53. The Balaban J connectivity index is 1.44. The average molecular weight is 414 g/mol. The van der Waals surface area contributed by atoms with Gasteiger partial charge in [0.1, 0.15) is 0 Å². The number of benzene rings is 1. The molecule has 6 nitrogen and oxygen atoms in total. The monoisotopic (exact) mass is 413 g/mol. The van der Waals surface area contributed by atoms with Crippen molar-refractivity contribution in [2.75, 3.05) is 18.0 Å². The van der Waals surface area contributed by atoms with Crippen molar-refractivity contribution in [1.29, 1.82) is 0 Å². The topological polar surface area (TPSA) is 63.1 Å². The van der Waals surface area contributed by atoms with Crippen molar-refractivity contribution < 1.29 is 4.79 Å². The lowest BCUT2D eigenvalue weighted by molar-refractivity contribution is -0.121. The van der Waals surface area contributed by atoms with Crippen LogP contribution in [0.15, 0.2) is 35.5 Å². The van der Waals surface area contributed by atoms with Crippen molar-refractivity contribution in [2.24, 2.45) is 0 Å². The molecule has 156 valence electrons. The van der Waals surface area contributed by atoms with E-state index in [-0.39, 0.29) is 17.2 Å². The zero-order chi connectivity index (χ0) is 20.2. The van der Waals surface area contributed by atoms with Crippen molar-refractivity contribution in [2.45, 2.75) is 74.9 Å². The normalized spacial score (nSPS) is 18.6. The first kappa shape index (κ1) is 20.3. The molecule has 0 bridgehead atoms. The fourth-order valence-corrected chi connectivity index (χ4v) is 4.86. The number of hydrogen-bond acceptors (Lipinski definition) is 5. The highest BCUT2D eigenvalue weighted by molar-refractivity contribution is 8.00. The molecule has 1 saturated heterocycles. The molecule has 2 aromatic rings. The van der Waals surface area contributed by atoms with Crippen LogP contribution in [-0.2, 0) is 4.79 Å². The summed E-state index contributed by atoms with van der Waals surface area (Å²) in [6.45, 7) is 6.23. The fourth-order valence-electron chi connectivity index (χ4n) is 3.93. The predicted octanol–water partition coefficient (Wildman–Crippen LogP) is 4.35. The summed E-state index contributed by atoms with van der Waals surface area (Å²) in [5, 5.41) is 12.9. The van der Waals surface area contributed by atoms with E-state index in [1.54, 1.807) is 0 Å². The van der Waals surface area contributed by atoms with Gasteiger partial charge in [0.25, 0.3) is 0 Å². The fraction of sp³-hybridized carbons (Fsp3) is 0.591. The standard InChI is InChI=1S/C22H31N5OS/c1-3-9-19(17-10-5-4-6-11-17)23-20(28)16(2)29-22-25-24-21(26-14-7-8-15-26)27(22)18-12-13-18/h4-6,10-11,16,18-19H,3,7-9,12-15H2,1-2H3,(H,23,28)/t16-,19+/m1/s1. The number of carbonyl (C=O) groups is 1. The highest BCUT2D eigenvalue weighted by atomic mass is 32.2. The Kier molecular flexibility index (Phi) is 6.43. The molecular weight excluding hydrogens is 382 g/mol. The molecule has 1 amide bonds. The molecule has 2 atom stereocenters.